The molecule has 116 valence electrons. The highest BCUT2D eigenvalue weighted by molar-refractivity contribution is 5.93. The van der Waals surface area contributed by atoms with Gasteiger partial charge < -0.3 is 24.5 Å². The normalized spacial score (nSPS) is 12.8. The van der Waals surface area contributed by atoms with Crippen molar-refractivity contribution in [2.75, 3.05) is 7.11 Å². The van der Waals surface area contributed by atoms with Crippen LogP contribution < -0.4 is 5.63 Å². The smallest absolute Gasteiger partial charge is 0.347 e. The zero-order valence-corrected chi connectivity index (χ0v) is 11.9. The summed E-state index contributed by atoms with van der Waals surface area (Å²) in [6, 6.07) is 2.79. The van der Waals surface area contributed by atoms with Gasteiger partial charge in [0.15, 0.2) is 6.10 Å². The molecule has 1 atom stereocenters. The van der Waals surface area contributed by atoms with Crippen LogP contribution in [0.25, 0.3) is 16.8 Å². The Morgan fingerprint density at radius 3 is 2.64 bits per heavy atom. The number of carboxylic acid groups (broad SMARTS) is 1. The number of hydrogen-bond acceptors (Lipinski definition) is 6. The molecule has 0 aliphatic heterocycles. The molecule has 2 rings (SSSR count). The van der Waals surface area contributed by atoms with Crippen LogP contribution in [0.5, 0.6) is 11.5 Å². The number of carbonyl (C=O) groups is 1. The number of aromatic hydroxyl groups is 2. The van der Waals surface area contributed by atoms with E-state index in [9.17, 15) is 19.8 Å². The Labute approximate surface area is 124 Å². The van der Waals surface area contributed by atoms with Crippen molar-refractivity contribution in [3.05, 3.63) is 40.0 Å². The minimum atomic E-state index is -1.25. The van der Waals surface area contributed by atoms with E-state index < -0.39 is 23.4 Å². The van der Waals surface area contributed by atoms with Crippen LogP contribution >= 0.6 is 0 Å². The molecule has 0 fully saturated rings. The molecule has 3 N–H and O–H groups in total. The van der Waals surface area contributed by atoms with Gasteiger partial charge in [0.05, 0.1) is 5.56 Å². The van der Waals surface area contributed by atoms with Crippen LogP contribution in [0.15, 0.2) is 27.4 Å². The van der Waals surface area contributed by atoms with Crippen LogP contribution in [0.3, 0.4) is 0 Å². The number of phenolic OH excluding ortho intramolecular Hbond substituents is 2. The molecule has 0 bridgehead atoms. The lowest BCUT2D eigenvalue weighted by Gasteiger charge is -2.08. The fraction of sp³-hybridized carbons (Fsp3) is 0.200. The van der Waals surface area contributed by atoms with E-state index in [1.807, 2.05) is 0 Å². The SMILES string of the molecule is CO[C@@H](/C=C/c1c(O)cc2cc(C)oc(=O)c2c1O)C(=O)O. The van der Waals surface area contributed by atoms with Gasteiger partial charge in [0.1, 0.15) is 22.6 Å². The first-order chi connectivity index (χ1) is 10.3. The summed E-state index contributed by atoms with van der Waals surface area (Å²) in [6.45, 7) is 1.57. The van der Waals surface area contributed by atoms with Gasteiger partial charge in [-0.05, 0) is 36.6 Å². The Balaban J connectivity index is 2.63. The van der Waals surface area contributed by atoms with E-state index in [2.05, 4.69) is 0 Å². The number of aryl methyl sites for hydroxylation is 1. The van der Waals surface area contributed by atoms with E-state index >= 15 is 0 Å². The van der Waals surface area contributed by atoms with Crippen molar-refractivity contribution in [2.24, 2.45) is 0 Å². The summed E-state index contributed by atoms with van der Waals surface area (Å²) in [7, 11) is 1.21. The van der Waals surface area contributed by atoms with Crippen molar-refractivity contribution < 1.29 is 29.3 Å². The van der Waals surface area contributed by atoms with Crippen molar-refractivity contribution in [3.63, 3.8) is 0 Å². The maximum absolute atomic E-state index is 11.8. The Hall–Kier alpha value is -2.80. The quantitative estimate of drug-likeness (QED) is 0.785. The molecule has 0 unspecified atom stereocenters. The molecule has 0 aliphatic carbocycles. The molecular formula is C15H14O7. The zero-order chi connectivity index (χ0) is 16.4. The maximum atomic E-state index is 11.8. The van der Waals surface area contributed by atoms with E-state index in [0.717, 1.165) is 6.08 Å². The molecule has 1 aromatic heterocycles. The predicted octanol–water partition coefficient (Wildman–Crippen LogP) is 1.63. The van der Waals surface area contributed by atoms with Gasteiger partial charge in [-0.15, -0.1) is 0 Å². The number of aliphatic carboxylic acids is 1. The first-order valence-electron chi connectivity index (χ1n) is 6.28. The second-order valence-corrected chi connectivity index (χ2v) is 4.62. The van der Waals surface area contributed by atoms with E-state index in [0.29, 0.717) is 11.1 Å². The summed E-state index contributed by atoms with van der Waals surface area (Å²) in [5.74, 6) is -1.68. The average Bonchev–Trinajstić information content (AvgIpc) is 2.40. The molecule has 0 radical (unpaired) electrons. The highest BCUT2D eigenvalue weighted by atomic mass is 16.5. The number of hydrogen-bond donors (Lipinski definition) is 3. The van der Waals surface area contributed by atoms with Gasteiger partial charge in [0, 0.05) is 7.11 Å². The predicted molar refractivity (Wildman–Crippen MR) is 78.0 cm³/mol. The molecule has 0 amide bonds. The lowest BCUT2D eigenvalue weighted by Crippen LogP contribution is -2.19. The molecular weight excluding hydrogens is 292 g/mol. The zero-order valence-electron chi connectivity index (χ0n) is 11.9. The standard InChI is InChI=1S/C15H14O7/c1-7-5-8-6-10(16)9(3-4-11(21-2)14(18)19)13(17)12(8)15(20)22-7/h3-6,11,16-17H,1-2H3,(H,18,19)/b4-3+/t11-/m0/s1. The highest BCUT2D eigenvalue weighted by Gasteiger charge is 2.17. The van der Waals surface area contributed by atoms with Crippen LogP contribution in [0.4, 0.5) is 0 Å². The van der Waals surface area contributed by atoms with Crippen molar-refractivity contribution in [2.45, 2.75) is 13.0 Å². The summed E-state index contributed by atoms with van der Waals surface area (Å²) in [4.78, 5) is 22.7. The maximum Gasteiger partial charge on any atom is 0.347 e. The van der Waals surface area contributed by atoms with Crippen molar-refractivity contribution in [3.8, 4) is 11.5 Å². The minimum Gasteiger partial charge on any atom is -0.507 e. The Morgan fingerprint density at radius 2 is 2.05 bits per heavy atom. The molecule has 1 heterocycles. The largest absolute Gasteiger partial charge is 0.507 e. The first-order valence-corrected chi connectivity index (χ1v) is 6.28. The molecule has 1 aromatic carbocycles. The number of fused-ring (bicyclic) bond motifs is 1. The third-order valence-corrected chi connectivity index (χ3v) is 3.10. The minimum absolute atomic E-state index is 0.0904. The molecule has 7 heteroatoms. The summed E-state index contributed by atoms with van der Waals surface area (Å²) in [5.41, 5.74) is -0.837. The Bertz CT molecular complexity index is 817. The van der Waals surface area contributed by atoms with Gasteiger partial charge in [-0.25, -0.2) is 9.59 Å². The lowest BCUT2D eigenvalue weighted by atomic mass is 10.0. The van der Waals surface area contributed by atoms with Crippen molar-refractivity contribution >= 4 is 22.8 Å². The molecule has 0 aliphatic rings. The van der Waals surface area contributed by atoms with Crippen molar-refractivity contribution in [1.82, 2.24) is 0 Å². The average molecular weight is 306 g/mol. The summed E-state index contributed by atoms with van der Waals surface area (Å²) in [6.07, 6.45) is 1.06. The number of ether oxygens (including phenoxy) is 1. The number of rotatable bonds is 4. The number of benzene rings is 1. The van der Waals surface area contributed by atoms with E-state index in [4.69, 9.17) is 14.3 Å². The highest BCUT2D eigenvalue weighted by Crippen LogP contribution is 2.35. The molecule has 22 heavy (non-hydrogen) atoms. The second-order valence-electron chi connectivity index (χ2n) is 4.62. The number of carboxylic acids is 1. The lowest BCUT2D eigenvalue weighted by molar-refractivity contribution is -0.145. The Morgan fingerprint density at radius 1 is 1.36 bits per heavy atom. The summed E-state index contributed by atoms with van der Waals surface area (Å²) >= 11 is 0. The second kappa shape index (κ2) is 5.90. The summed E-state index contributed by atoms with van der Waals surface area (Å²) < 4.78 is 9.62. The van der Waals surface area contributed by atoms with Crippen molar-refractivity contribution in [1.29, 1.82) is 0 Å². The molecule has 2 aromatic rings. The number of phenols is 2. The fourth-order valence-electron chi connectivity index (χ4n) is 2.07. The molecule has 0 saturated heterocycles. The van der Waals surface area contributed by atoms with Crippen LogP contribution in [-0.2, 0) is 9.53 Å². The Kier molecular flexibility index (Phi) is 4.18. The van der Waals surface area contributed by atoms with E-state index in [1.54, 1.807) is 6.92 Å². The van der Waals surface area contributed by atoms with E-state index in [-0.39, 0.29) is 16.7 Å². The van der Waals surface area contributed by atoms with E-state index in [1.165, 1.54) is 25.3 Å². The fourth-order valence-corrected chi connectivity index (χ4v) is 2.07. The van der Waals surface area contributed by atoms with Gasteiger partial charge in [-0.1, -0.05) is 0 Å². The molecule has 0 spiro atoms. The number of methoxy groups -OCH3 is 1. The van der Waals surface area contributed by atoms with Gasteiger partial charge in [0.25, 0.3) is 0 Å². The van der Waals surface area contributed by atoms with Gasteiger partial charge in [-0.2, -0.15) is 0 Å². The van der Waals surface area contributed by atoms with Crippen LogP contribution in [0.1, 0.15) is 11.3 Å². The monoisotopic (exact) mass is 306 g/mol. The van der Waals surface area contributed by atoms with Crippen LogP contribution in [-0.4, -0.2) is 34.5 Å². The molecule has 7 nitrogen and oxygen atoms in total. The van der Waals surface area contributed by atoms with Crippen LogP contribution in [0.2, 0.25) is 0 Å². The van der Waals surface area contributed by atoms with Crippen LogP contribution in [0, 0.1) is 6.92 Å². The van der Waals surface area contributed by atoms with Gasteiger partial charge >= 0.3 is 11.6 Å². The topological polar surface area (TPSA) is 117 Å². The van der Waals surface area contributed by atoms with Gasteiger partial charge in [-0.3, -0.25) is 0 Å². The summed E-state index contributed by atoms with van der Waals surface area (Å²) in [5, 5.41) is 29.2. The molecule has 0 saturated carbocycles. The first kappa shape index (κ1) is 15.6. The third kappa shape index (κ3) is 2.79. The third-order valence-electron chi connectivity index (χ3n) is 3.10. The van der Waals surface area contributed by atoms with Gasteiger partial charge in [0.2, 0.25) is 0 Å².